The average Bonchev–Trinajstić information content (AvgIpc) is 2.92. The number of likely N-dealkylation sites (tertiary alicyclic amines) is 1. The van der Waals surface area contributed by atoms with Crippen LogP contribution in [0.3, 0.4) is 0 Å². The standard InChI is InChI=1S/C10H14N4O6S.Na/c15-8-5(1-3-11-8)12-10(17)13-4-2-6-7(13)9(16)14(6)21(18,19)20;/h5-7H,1-4H2,(H,11,15)(H,12,17)(H,18,19,20);/q;+1/p-1/t5-,6+,7-;/m0./s1. The summed E-state index contributed by atoms with van der Waals surface area (Å²) in [6, 6.07) is -2.92. The van der Waals surface area contributed by atoms with E-state index in [1.54, 1.807) is 0 Å². The van der Waals surface area contributed by atoms with Crippen LogP contribution in [-0.2, 0) is 15.1 Å². The Balaban J connectivity index is 0.00000176. The first-order chi connectivity index (χ1) is 9.80. The molecule has 116 valence electrons. The molecule has 0 radical (unpaired) electrons. The topological polar surface area (TPSA) is 142 Å². The van der Waals surface area contributed by atoms with Crippen molar-refractivity contribution in [2.45, 2.75) is 31.0 Å². The van der Waals surface area contributed by atoms with Gasteiger partial charge in [0.15, 0.2) is 0 Å². The van der Waals surface area contributed by atoms with Gasteiger partial charge in [0.05, 0.1) is 12.1 Å². The summed E-state index contributed by atoms with van der Waals surface area (Å²) >= 11 is 0. The van der Waals surface area contributed by atoms with Gasteiger partial charge in [0.25, 0.3) is 5.91 Å². The summed E-state index contributed by atoms with van der Waals surface area (Å²) < 4.78 is 31.4. The van der Waals surface area contributed by atoms with Crippen molar-refractivity contribution < 1.29 is 57.2 Å². The van der Waals surface area contributed by atoms with E-state index in [4.69, 9.17) is 4.55 Å². The van der Waals surface area contributed by atoms with Gasteiger partial charge in [0.1, 0.15) is 6.04 Å². The Bertz CT molecular complexity index is 637. The minimum atomic E-state index is -4.59. The van der Waals surface area contributed by atoms with Crippen molar-refractivity contribution in [3.63, 3.8) is 0 Å². The Morgan fingerprint density at radius 3 is 2.64 bits per heavy atom. The van der Waals surface area contributed by atoms with Gasteiger partial charge in [-0.2, -0.15) is 8.42 Å². The van der Waals surface area contributed by atoms with Crippen molar-refractivity contribution in [2.75, 3.05) is 13.1 Å². The third kappa shape index (κ3) is 2.71. The number of urea groups is 1. The van der Waals surface area contributed by atoms with E-state index in [1.807, 2.05) is 0 Å². The molecule has 2 saturated heterocycles. The Morgan fingerprint density at radius 2 is 2.09 bits per heavy atom. The van der Waals surface area contributed by atoms with E-state index in [0.717, 1.165) is 0 Å². The van der Waals surface area contributed by atoms with Crippen LogP contribution in [0.5, 0.6) is 0 Å². The Morgan fingerprint density at radius 1 is 1.41 bits per heavy atom. The van der Waals surface area contributed by atoms with Crippen molar-refractivity contribution in [1.29, 1.82) is 0 Å². The van der Waals surface area contributed by atoms with Crippen molar-refractivity contribution in [1.82, 2.24) is 14.5 Å². The van der Waals surface area contributed by atoms with E-state index < -0.39 is 46.3 Å². The van der Waals surface area contributed by atoms with Gasteiger partial charge in [0, 0.05) is 13.1 Å². The number of hydrogen-bond acceptors (Lipinski definition) is 6. The van der Waals surface area contributed by atoms with Crippen LogP contribution in [0.1, 0.15) is 12.8 Å². The fourth-order valence-electron chi connectivity index (χ4n) is 2.95. The second-order valence-electron chi connectivity index (χ2n) is 5.12. The van der Waals surface area contributed by atoms with E-state index in [1.165, 1.54) is 4.90 Å². The second-order valence-corrected chi connectivity index (χ2v) is 6.41. The third-order valence-corrected chi connectivity index (χ3v) is 4.88. The molecule has 0 saturated carbocycles. The van der Waals surface area contributed by atoms with Gasteiger partial charge in [-0.15, -0.1) is 0 Å². The molecule has 3 heterocycles. The van der Waals surface area contributed by atoms with Gasteiger partial charge in [-0.1, -0.05) is 0 Å². The maximum absolute atomic E-state index is 12.1. The van der Waals surface area contributed by atoms with Crippen LogP contribution in [-0.4, -0.2) is 71.2 Å². The molecule has 0 spiro atoms. The normalized spacial score (nSPS) is 30.3. The van der Waals surface area contributed by atoms with Gasteiger partial charge in [-0.05, 0) is 18.7 Å². The fraction of sp³-hybridized carbons (Fsp3) is 0.700. The van der Waals surface area contributed by atoms with Gasteiger partial charge >= 0.3 is 45.9 Å². The largest absolute Gasteiger partial charge is 1.00 e. The molecule has 22 heavy (non-hydrogen) atoms. The molecule has 3 aliphatic rings. The summed E-state index contributed by atoms with van der Waals surface area (Å²) in [5.74, 6) is -1.24. The molecule has 2 fully saturated rings. The molecule has 0 aromatic heterocycles. The van der Waals surface area contributed by atoms with Gasteiger partial charge in [-0.3, -0.25) is 9.35 Å². The molecule has 0 aromatic rings. The first-order valence-corrected chi connectivity index (χ1v) is 7.79. The van der Waals surface area contributed by atoms with E-state index in [2.05, 4.69) is 10.3 Å². The summed E-state index contributed by atoms with van der Waals surface area (Å²) in [5.41, 5.74) is 0. The van der Waals surface area contributed by atoms with Crippen LogP contribution in [0.25, 0.3) is 0 Å². The van der Waals surface area contributed by atoms with Gasteiger partial charge < -0.3 is 20.3 Å². The molecule has 3 aliphatic heterocycles. The predicted octanol–water partition coefficient (Wildman–Crippen LogP) is -5.68. The zero-order valence-electron chi connectivity index (χ0n) is 11.8. The molecular formula is C10H13N4NaO6S. The molecule has 2 N–H and O–H groups in total. The molecule has 3 rings (SSSR count). The first kappa shape index (κ1) is 17.5. The predicted molar refractivity (Wildman–Crippen MR) is 66.5 cm³/mol. The Labute approximate surface area is 148 Å². The molecule has 3 atom stereocenters. The first-order valence-electron chi connectivity index (χ1n) is 6.40. The van der Waals surface area contributed by atoms with Crippen LogP contribution in [0.15, 0.2) is 4.99 Å². The van der Waals surface area contributed by atoms with Crippen LogP contribution < -0.4 is 40.0 Å². The Hall–Kier alpha value is -0.880. The number of amides is 3. The number of fused-ring (bicyclic) bond motifs is 1. The zero-order chi connectivity index (χ0) is 15.4. The number of carbonyl (C=O) groups is 2. The molecule has 12 heteroatoms. The van der Waals surface area contributed by atoms with Crippen molar-refractivity contribution in [3.8, 4) is 0 Å². The third-order valence-electron chi connectivity index (χ3n) is 3.93. The van der Waals surface area contributed by atoms with Gasteiger partial charge in [-0.25, -0.2) is 9.10 Å². The summed E-state index contributed by atoms with van der Waals surface area (Å²) in [7, 11) is -4.59. The van der Waals surface area contributed by atoms with E-state index in [9.17, 15) is 23.1 Å². The maximum atomic E-state index is 12.1. The van der Waals surface area contributed by atoms with Crippen LogP contribution in [0.4, 0.5) is 4.79 Å². The van der Waals surface area contributed by atoms with Crippen LogP contribution in [0, 0.1) is 0 Å². The molecule has 0 aliphatic carbocycles. The SMILES string of the molecule is O=C(N[C@H]1CCN=C1[O-])N1CC[C@@H]2[C@H]1C(=O)N2S(=O)(=O)O.[Na+]. The quantitative estimate of drug-likeness (QED) is 0.291. The number of aliphatic imine (C=N–C) groups is 1. The summed E-state index contributed by atoms with van der Waals surface area (Å²) in [5, 5.41) is 13.8. The Kier molecular flexibility index (Phi) is 4.74. The maximum Gasteiger partial charge on any atom is 1.00 e. The number of nitrogens with one attached hydrogen (secondary N) is 1. The zero-order valence-corrected chi connectivity index (χ0v) is 14.6. The fourth-order valence-corrected chi connectivity index (χ4v) is 3.85. The van der Waals surface area contributed by atoms with E-state index in [-0.39, 0.29) is 42.5 Å². The van der Waals surface area contributed by atoms with Crippen molar-refractivity contribution >= 4 is 28.1 Å². The summed E-state index contributed by atoms with van der Waals surface area (Å²) in [4.78, 5) is 28.7. The van der Waals surface area contributed by atoms with Crippen molar-refractivity contribution in [2.24, 2.45) is 4.99 Å². The van der Waals surface area contributed by atoms with Crippen LogP contribution >= 0.6 is 0 Å². The second kappa shape index (κ2) is 5.96. The van der Waals surface area contributed by atoms with Crippen LogP contribution in [0.2, 0.25) is 0 Å². The smallest absolute Gasteiger partial charge is 0.861 e. The number of hydrogen-bond donors (Lipinski definition) is 2. The number of nitrogens with zero attached hydrogens (tertiary/aromatic N) is 3. The molecule has 10 nitrogen and oxygen atoms in total. The minimum absolute atomic E-state index is 0. The molecular weight excluding hydrogens is 327 g/mol. The number of rotatable bonds is 2. The molecule has 0 aromatic carbocycles. The molecule has 3 amide bonds. The minimum Gasteiger partial charge on any atom is -0.861 e. The molecule has 0 unspecified atom stereocenters. The number of β-lactam (4-membered cyclic amide) rings is 1. The van der Waals surface area contributed by atoms with Gasteiger partial charge in [0.2, 0.25) is 0 Å². The number of carbonyl (C=O) groups excluding carboxylic acids is 2. The monoisotopic (exact) mass is 340 g/mol. The van der Waals surface area contributed by atoms with E-state index in [0.29, 0.717) is 17.3 Å². The van der Waals surface area contributed by atoms with E-state index >= 15 is 0 Å². The summed E-state index contributed by atoms with van der Waals surface area (Å²) in [6.07, 6.45) is 0.671. The summed E-state index contributed by atoms with van der Waals surface area (Å²) in [6.45, 7) is 0.530. The molecule has 0 bridgehead atoms. The van der Waals surface area contributed by atoms with Crippen molar-refractivity contribution in [3.05, 3.63) is 0 Å². The average molecular weight is 340 g/mol.